The van der Waals surface area contributed by atoms with Crippen LogP contribution in [-0.2, 0) is 4.79 Å². The number of pyridine rings is 1. The van der Waals surface area contributed by atoms with Crippen LogP contribution in [-0.4, -0.2) is 51.0 Å². The lowest BCUT2D eigenvalue weighted by atomic mass is 9.87. The van der Waals surface area contributed by atoms with Crippen LogP contribution in [0.15, 0.2) is 65.6 Å². The third kappa shape index (κ3) is 5.40. The summed E-state index contributed by atoms with van der Waals surface area (Å²) in [5.41, 5.74) is -0.0273. The zero-order valence-electron chi connectivity index (χ0n) is 17.9. The number of hydrogen-bond donors (Lipinski definition) is 2. The second-order valence-electron chi connectivity index (χ2n) is 7.88. The molecule has 1 aliphatic rings. The van der Waals surface area contributed by atoms with Crippen LogP contribution in [0.25, 0.3) is 0 Å². The minimum atomic E-state index is -2.94. The predicted octanol–water partition coefficient (Wildman–Crippen LogP) is 3.41. The molecular weight excluding hydrogens is 432 g/mol. The van der Waals surface area contributed by atoms with Gasteiger partial charge in [0.1, 0.15) is 5.75 Å². The van der Waals surface area contributed by atoms with Gasteiger partial charge in [-0.15, -0.1) is 10.2 Å². The Kier molecular flexibility index (Phi) is 6.45. The summed E-state index contributed by atoms with van der Waals surface area (Å²) in [6.07, 6.45) is 0.920. The highest BCUT2D eigenvalue weighted by Crippen LogP contribution is 2.40. The molecule has 10 heteroatoms. The summed E-state index contributed by atoms with van der Waals surface area (Å²) in [6, 6.07) is 14.2. The first-order chi connectivity index (χ1) is 15.8. The average molecular weight is 455 g/mol. The van der Waals surface area contributed by atoms with Gasteiger partial charge >= 0.3 is 0 Å². The van der Waals surface area contributed by atoms with Crippen molar-refractivity contribution in [3.63, 3.8) is 0 Å². The Labute approximate surface area is 188 Å². The monoisotopic (exact) mass is 455 g/mol. The van der Waals surface area contributed by atoms with Crippen molar-refractivity contribution in [2.45, 2.75) is 31.2 Å². The van der Waals surface area contributed by atoms with Crippen molar-refractivity contribution in [1.29, 1.82) is 0 Å². The lowest BCUT2D eigenvalue weighted by molar-refractivity contribution is -0.125. The van der Waals surface area contributed by atoms with E-state index in [2.05, 4.69) is 20.5 Å². The van der Waals surface area contributed by atoms with Gasteiger partial charge in [-0.25, -0.2) is 8.78 Å². The van der Waals surface area contributed by atoms with Crippen LogP contribution in [0.4, 0.5) is 14.6 Å². The molecule has 4 rings (SSSR count). The molecule has 1 fully saturated rings. The minimum Gasteiger partial charge on any atom is -0.438 e. The Morgan fingerprint density at radius 2 is 1.97 bits per heavy atom. The van der Waals surface area contributed by atoms with Gasteiger partial charge in [0.2, 0.25) is 17.3 Å². The van der Waals surface area contributed by atoms with Crippen LogP contribution in [0, 0.1) is 0 Å². The molecule has 1 aliphatic heterocycles. The lowest BCUT2D eigenvalue weighted by Gasteiger charge is -2.40. The molecule has 0 spiro atoms. The smallest absolute Gasteiger partial charge is 0.257 e. The fourth-order valence-electron chi connectivity index (χ4n) is 3.71. The fourth-order valence-corrected chi connectivity index (χ4v) is 3.71. The van der Waals surface area contributed by atoms with Gasteiger partial charge in [0.15, 0.2) is 5.82 Å². The molecular formula is C23H23F2N5O3. The van der Waals surface area contributed by atoms with Gasteiger partial charge in [0.05, 0.1) is 12.0 Å². The molecule has 8 nitrogen and oxygen atoms in total. The van der Waals surface area contributed by atoms with Crippen LogP contribution in [0.5, 0.6) is 11.6 Å². The fraction of sp³-hybridized carbons (Fsp3) is 0.304. The highest BCUT2D eigenvalue weighted by atomic mass is 19.3. The number of para-hydroxylation sites is 1. The molecule has 1 saturated heterocycles. The van der Waals surface area contributed by atoms with Crippen LogP contribution in [0.1, 0.15) is 24.8 Å². The maximum absolute atomic E-state index is 14.6. The molecule has 2 N–H and O–H groups in total. The Morgan fingerprint density at radius 3 is 2.64 bits per heavy atom. The van der Waals surface area contributed by atoms with E-state index >= 15 is 0 Å². The van der Waals surface area contributed by atoms with Crippen molar-refractivity contribution in [3.8, 4) is 11.6 Å². The summed E-state index contributed by atoms with van der Waals surface area (Å²) in [5.74, 6) is -3.35. The van der Waals surface area contributed by atoms with Crippen molar-refractivity contribution in [2.75, 3.05) is 18.4 Å². The average Bonchev–Trinajstić information content (AvgIpc) is 2.81. The van der Waals surface area contributed by atoms with Crippen LogP contribution < -0.4 is 15.6 Å². The second-order valence-corrected chi connectivity index (χ2v) is 7.88. The summed E-state index contributed by atoms with van der Waals surface area (Å²) >= 11 is 0. The number of carbonyl (C=O) groups excluding carboxylic acids is 1. The molecule has 2 unspecified atom stereocenters. The number of rotatable bonds is 6. The van der Waals surface area contributed by atoms with E-state index in [-0.39, 0.29) is 42.7 Å². The Hall–Kier alpha value is -3.66. The maximum atomic E-state index is 14.6. The highest BCUT2D eigenvalue weighted by molar-refractivity contribution is 5.93. The molecule has 0 radical (unpaired) electrons. The SMILES string of the molecule is CC(C(=O)Nc1ccc(Oc2ccccc2)nn1)N1CCC(F)(F)C(c2ccc(=O)[nH]c2)C1. The van der Waals surface area contributed by atoms with Crippen LogP contribution in [0.3, 0.4) is 0 Å². The van der Waals surface area contributed by atoms with Gasteiger partial charge in [-0.3, -0.25) is 14.5 Å². The standard InChI is InChI=1S/C23H23F2N5O3/c1-15(30-12-11-23(24,25)18(14-30)16-7-9-20(31)26-13-16)22(32)27-19-8-10-21(29-28-19)33-17-5-3-2-4-6-17/h2-10,13,15,18H,11-12,14H2,1H3,(H,26,31)(H,27,28,32). The van der Waals surface area contributed by atoms with Crippen molar-refractivity contribution in [3.05, 3.63) is 76.7 Å². The Morgan fingerprint density at radius 1 is 1.18 bits per heavy atom. The number of piperidine rings is 1. The number of amides is 1. The van der Waals surface area contributed by atoms with Crippen molar-refractivity contribution in [1.82, 2.24) is 20.1 Å². The summed E-state index contributed by atoms with van der Waals surface area (Å²) in [4.78, 5) is 28.2. The molecule has 3 aromatic rings. The molecule has 1 amide bonds. The topological polar surface area (TPSA) is 100 Å². The molecule has 0 saturated carbocycles. The number of halogens is 2. The maximum Gasteiger partial charge on any atom is 0.257 e. The van der Waals surface area contributed by atoms with E-state index in [1.54, 1.807) is 36.1 Å². The van der Waals surface area contributed by atoms with Gasteiger partial charge in [-0.05, 0) is 30.7 Å². The van der Waals surface area contributed by atoms with E-state index in [1.807, 2.05) is 18.2 Å². The minimum absolute atomic E-state index is 0.0246. The number of aromatic amines is 1. The van der Waals surface area contributed by atoms with E-state index in [0.29, 0.717) is 11.3 Å². The zero-order chi connectivity index (χ0) is 23.4. The van der Waals surface area contributed by atoms with Crippen LogP contribution >= 0.6 is 0 Å². The molecule has 0 aliphatic carbocycles. The summed E-state index contributed by atoms with van der Waals surface area (Å²) in [6.45, 7) is 1.70. The van der Waals surface area contributed by atoms with Crippen molar-refractivity contribution in [2.24, 2.45) is 0 Å². The third-order valence-corrected chi connectivity index (χ3v) is 5.65. The number of hydrogen-bond acceptors (Lipinski definition) is 6. The third-order valence-electron chi connectivity index (χ3n) is 5.65. The highest BCUT2D eigenvalue weighted by Gasteiger charge is 2.46. The number of nitrogens with zero attached hydrogens (tertiary/aromatic N) is 3. The number of benzene rings is 1. The number of anilines is 1. The number of ether oxygens (including phenoxy) is 1. The molecule has 2 atom stereocenters. The van der Waals surface area contributed by atoms with Crippen molar-refractivity contribution >= 4 is 11.7 Å². The van der Waals surface area contributed by atoms with E-state index in [1.165, 1.54) is 18.3 Å². The summed E-state index contributed by atoms with van der Waals surface area (Å²) in [7, 11) is 0. The number of aromatic nitrogens is 3. The summed E-state index contributed by atoms with van der Waals surface area (Å²) < 4.78 is 34.7. The van der Waals surface area contributed by atoms with E-state index in [4.69, 9.17) is 4.74 Å². The first-order valence-electron chi connectivity index (χ1n) is 10.5. The normalized spacial score (nSPS) is 18.9. The number of likely N-dealkylation sites (tertiary alicyclic amines) is 1. The zero-order valence-corrected chi connectivity index (χ0v) is 17.9. The molecule has 172 valence electrons. The molecule has 2 aromatic heterocycles. The molecule has 1 aromatic carbocycles. The molecule has 0 bridgehead atoms. The van der Waals surface area contributed by atoms with E-state index in [9.17, 15) is 18.4 Å². The lowest BCUT2D eigenvalue weighted by Crippen LogP contribution is -2.52. The van der Waals surface area contributed by atoms with Gasteiger partial charge in [0.25, 0.3) is 5.92 Å². The van der Waals surface area contributed by atoms with Gasteiger partial charge < -0.3 is 15.0 Å². The van der Waals surface area contributed by atoms with E-state index < -0.39 is 17.9 Å². The second kappa shape index (κ2) is 9.45. The Balaban J connectivity index is 1.39. The van der Waals surface area contributed by atoms with Crippen LogP contribution in [0.2, 0.25) is 0 Å². The largest absolute Gasteiger partial charge is 0.438 e. The number of carbonyl (C=O) groups is 1. The van der Waals surface area contributed by atoms with Gasteiger partial charge in [0, 0.05) is 37.8 Å². The first-order valence-corrected chi connectivity index (χ1v) is 10.5. The number of nitrogens with one attached hydrogen (secondary N) is 2. The van der Waals surface area contributed by atoms with Gasteiger partial charge in [-0.2, -0.15) is 0 Å². The quantitative estimate of drug-likeness (QED) is 0.591. The molecule has 33 heavy (non-hydrogen) atoms. The number of alkyl halides is 2. The van der Waals surface area contributed by atoms with Gasteiger partial charge in [-0.1, -0.05) is 24.3 Å². The summed E-state index contributed by atoms with van der Waals surface area (Å²) in [5, 5.41) is 10.6. The van der Waals surface area contributed by atoms with Crippen molar-refractivity contribution < 1.29 is 18.3 Å². The van der Waals surface area contributed by atoms with E-state index in [0.717, 1.165) is 0 Å². The Bertz CT molecular complexity index is 1130. The molecule has 3 heterocycles. The predicted molar refractivity (Wildman–Crippen MR) is 118 cm³/mol. The number of H-pyrrole nitrogens is 1. The first kappa shape index (κ1) is 22.5.